The van der Waals surface area contributed by atoms with Gasteiger partial charge in [-0.05, 0) is 55.3 Å². The number of anilines is 1. The van der Waals surface area contributed by atoms with Gasteiger partial charge in [0, 0.05) is 18.6 Å². The Morgan fingerprint density at radius 2 is 2.04 bits per heavy atom. The maximum atomic E-state index is 12.8. The second-order valence-electron chi connectivity index (χ2n) is 6.35. The fraction of sp³-hybridized carbons (Fsp3) is 0.611. The maximum Gasteiger partial charge on any atom is 0.256 e. The number of thioether (sulfide) groups is 1. The fourth-order valence-electron chi connectivity index (χ4n) is 2.82. The lowest BCUT2D eigenvalue weighted by atomic mass is 9.91. The SMILES string of the molecule is COC1(C(=O)Nc2cccc(CSC(C)C)c2C)CCNCC1.Cl. The number of hydrogen-bond acceptors (Lipinski definition) is 4. The first-order valence-corrected chi connectivity index (χ1v) is 9.31. The Morgan fingerprint density at radius 3 is 2.62 bits per heavy atom. The third-order valence-corrected chi connectivity index (χ3v) is 5.63. The number of nitrogens with one attached hydrogen (secondary N) is 2. The van der Waals surface area contributed by atoms with Gasteiger partial charge in [0.1, 0.15) is 5.60 Å². The van der Waals surface area contributed by atoms with Gasteiger partial charge in [-0.15, -0.1) is 12.4 Å². The molecular weight excluding hydrogens is 344 g/mol. The van der Waals surface area contributed by atoms with Crippen molar-refractivity contribution < 1.29 is 9.53 Å². The van der Waals surface area contributed by atoms with Gasteiger partial charge in [0.15, 0.2) is 0 Å². The third kappa shape index (κ3) is 5.12. The summed E-state index contributed by atoms with van der Waals surface area (Å²) in [4.78, 5) is 12.8. The maximum absolute atomic E-state index is 12.8. The van der Waals surface area contributed by atoms with Gasteiger partial charge in [0.2, 0.25) is 0 Å². The van der Waals surface area contributed by atoms with Gasteiger partial charge >= 0.3 is 0 Å². The molecule has 0 radical (unpaired) electrons. The number of piperidine rings is 1. The van der Waals surface area contributed by atoms with E-state index in [1.54, 1.807) is 7.11 Å². The first-order valence-electron chi connectivity index (χ1n) is 8.26. The summed E-state index contributed by atoms with van der Waals surface area (Å²) in [6, 6.07) is 6.12. The Labute approximate surface area is 155 Å². The van der Waals surface area contributed by atoms with Gasteiger partial charge in [-0.1, -0.05) is 26.0 Å². The Morgan fingerprint density at radius 1 is 1.38 bits per heavy atom. The Hall–Kier alpha value is -0.750. The molecule has 1 aliphatic rings. The zero-order chi connectivity index (χ0) is 16.9. The summed E-state index contributed by atoms with van der Waals surface area (Å²) in [6.07, 6.45) is 1.41. The molecule has 1 fully saturated rings. The van der Waals surface area contributed by atoms with Gasteiger partial charge in [0.05, 0.1) is 0 Å². The molecule has 1 amide bonds. The van der Waals surface area contributed by atoms with Crippen LogP contribution in [0.4, 0.5) is 5.69 Å². The van der Waals surface area contributed by atoms with Crippen LogP contribution in [0.5, 0.6) is 0 Å². The molecule has 2 N–H and O–H groups in total. The number of hydrogen-bond donors (Lipinski definition) is 2. The van der Waals surface area contributed by atoms with Gasteiger partial charge < -0.3 is 15.4 Å². The summed E-state index contributed by atoms with van der Waals surface area (Å²) < 4.78 is 5.61. The number of rotatable bonds is 6. The molecule has 0 atom stereocenters. The third-order valence-electron chi connectivity index (χ3n) is 4.48. The van der Waals surface area contributed by atoms with Crippen LogP contribution < -0.4 is 10.6 Å². The second kappa shape index (κ2) is 9.66. The van der Waals surface area contributed by atoms with Crippen molar-refractivity contribution in [3.63, 3.8) is 0 Å². The number of benzene rings is 1. The molecule has 136 valence electrons. The highest BCUT2D eigenvalue weighted by atomic mass is 35.5. The summed E-state index contributed by atoms with van der Waals surface area (Å²) in [5, 5.41) is 6.97. The van der Waals surface area contributed by atoms with Crippen LogP contribution in [0.15, 0.2) is 18.2 Å². The lowest BCUT2D eigenvalue weighted by Gasteiger charge is -2.35. The van der Waals surface area contributed by atoms with E-state index < -0.39 is 5.60 Å². The van der Waals surface area contributed by atoms with E-state index >= 15 is 0 Å². The van der Waals surface area contributed by atoms with Crippen LogP contribution in [-0.2, 0) is 15.3 Å². The van der Waals surface area contributed by atoms with E-state index in [4.69, 9.17) is 4.74 Å². The molecule has 0 unspecified atom stereocenters. The minimum atomic E-state index is -0.708. The van der Waals surface area contributed by atoms with E-state index in [1.807, 2.05) is 23.9 Å². The summed E-state index contributed by atoms with van der Waals surface area (Å²) in [5.41, 5.74) is 2.61. The second-order valence-corrected chi connectivity index (χ2v) is 7.92. The topological polar surface area (TPSA) is 50.4 Å². The molecular formula is C18H29ClN2O2S. The average molecular weight is 373 g/mol. The lowest BCUT2D eigenvalue weighted by molar-refractivity contribution is -0.140. The number of amides is 1. The van der Waals surface area contributed by atoms with Crippen molar-refractivity contribution in [2.75, 3.05) is 25.5 Å². The van der Waals surface area contributed by atoms with Crippen molar-refractivity contribution in [2.24, 2.45) is 0 Å². The fourth-order valence-corrected chi connectivity index (χ4v) is 3.65. The molecule has 1 aliphatic heterocycles. The van der Waals surface area contributed by atoms with Crippen molar-refractivity contribution in [3.8, 4) is 0 Å². The van der Waals surface area contributed by atoms with Crippen molar-refractivity contribution in [1.29, 1.82) is 0 Å². The molecule has 24 heavy (non-hydrogen) atoms. The minimum Gasteiger partial charge on any atom is -0.368 e. The zero-order valence-corrected chi connectivity index (χ0v) is 16.6. The minimum absolute atomic E-state index is 0. The Bertz CT molecular complexity index is 546. The molecule has 6 heteroatoms. The molecule has 0 aliphatic carbocycles. The standard InChI is InChI=1S/C18H28N2O2S.ClH/c1-13(2)23-12-15-6-5-7-16(14(15)3)20-17(21)18(22-4)8-10-19-11-9-18;/h5-7,13,19H,8-12H2,1-4H3,(H,20,21);1H. The van der Waals surface area contributed by atoms with Crippen LogP contribution in [0.3, 0.4) is 0 Å². The van der Waals surface area contributed by atoms with E-state index in [-0.39, 0.29) is 18.3 Å². The molecule has 1 aromatic rings. The highest BCUT2D eigenvalue weighted by molar-refractivity contribution is 7.99. The van der Waals surface area contributed by atoms with Crippen LogP contribution in [-0.4, -0.2) is 37.0 Å². The highest BCUT2D eigenvalue weighted by Crippen LogP contribution is 2.28. The molecule has 0 bridgehead atoms. The largest absolute Gasteiger partial charge is 0.368 e. The lowest BCUT2D eigenvalue weighted by Crippen LogP contribution is -2.51. The van der Waals surface area contributed by atoms with Crippen LogP contribution in [0.25, 0.3) is 0 Å². The molecule has 0 spiro atoms. The van der Waals surface area contributed by atoms with Gasteiger partial charge in [-0.2, -0.15) is 11.8 Å². The van der Waals surface area contributed by atoms with Gasteiger partial charge in [-0.25, -0.2) is 0 Å². The van der Waals surface area contributed by atoms with Gasteiger partial charge in [0.25, 0.3) is 5.91 Å². The summed E-state index contributed by atoms with van der Waals surface area (Å²) in [6.45, 7) is 8.10. The predicted octanol–water partition coefficient (Wildman–Crippen LogP) is 3.77. The number of methoxy groups -OCH3 is 1. The number of carbonyl (C=O) groups is 1. The van der Waals surface area contributed by atoms with Crippen LogP contribution in [0.1, 0.15) is 37.8 Å². The molecule has 1 saturated heterocycles. The Balaban J connectivity index is 0.00000288. The molecule has 0 aromatic heterocycles. The van der Waals surface area contributed by atoms with E-state index in [2.05, 4.69) is 37.5 Å². The van der Waals surface area contributed by atoms with Crippen LogP contribution in [0, 0.1) is 6.92 Å². The highest BCUT2D eigenvalue weighted by Gasteiger charge is 2.39. The first-order chi connectivity index (χ1) is 11.0. The quantitative estimate of drug-likeness (QED) is 0.798. The molecule has 1 heterocycles. The average Bonchev–Trinajstić information content (AvgIpc) is 2.56. The van der Waals surface area contributed by atoms with E-state index in [1.165, 1.54) is 5.56 Å². The van der Waals surface area contributed by atoms with E-state index in [0.717, 1.165) is 30.1 Å². The van der Waals surface area contributed by atoms with Crippen LogP contribution >= 0.6 is 24.2 Å². The Kier molecular flexibility index (Phi) is 8.57. The smallest absolute Gasteiger partial charge is 0.256 e. The summed E-state index contributed by atoms with van der Waals surface area (Å²) in [7, 11) is 1.63. The summed E-state index contributed by atoms with van der Waals surface area (Å²) in [5.74, 6) is 0.935. The van der Waals surface area contributed by atoms with Crippen molar-refractivity contribution in [2.45, 2.75) is 50.2 Å². The molecule has 1 aromatic carbocycles. The van der Waals surface area contributed by atoms with Crippen LogP contribution in [0.2, 0.25) is 0 Å². The van der Waals surface area contributed by atoms with Crippen molar-refractivity contribution >= 4 is 35.8 Å². The molecule has 4 nitrogen and oxygen atoms in total. The van der Waals surface area contributed by atoms with Crippen molar-refractivity contribution in [3.05, 3.63) is 29.3 Å². The predicted molar refractivity (Wildman–Crippen MR) is 105 cm³/mol. The number of halogens is 1. The normalized spacial score (nSPS) is 16.5. The monoisotopic (exact) mass is 372 g/mol. The molecule has 0 saturated carbocycles. The van der Waals surface area contributed by atoms with E-state index in [9.17, 15) is 4.79 Å². The van der Waals surface area contributed by atoms with Gasteiger partial charge in [-0.3, -0.25) is 4.79 Å². The molecule has 2 rings (SSSR count). The number of carbonyl (C=O) groups excluding carboxylic acids is 1. The number of ether oxygens (including phenoxy) is 1. The summed E-state index contributed by atoms with van der Waals surface area (Å²) >= 11 is 1.91. The zero-order valence-electron chi connectivity index (χ0n) is 15.0. The van der Waals surface area contributed by atoms with Crippen molar-refractivity contribution in [1.82, 2.24) is 5.32 Å². The van der Waals surface area contributed by atoms with E-state index in [0.29, 0.717) is 18.1 Å². The first kappa shape index (κ1) is 21.3.